The first-order chi connectivity index (χ1) is 39.9. The summed E-state index contributed by atoms with van der Waals surface area (Å²) in [5, 5.41) is 137. The van der Waals surface area contributed by atoms with Gasteiger partial charge in [-0.05, 0) is 71.3 Å². The third kappa shape index (κ3) is 21.5. The second kappa shape index (κ2) is 34.0. The smallest absolute Gasteiger partial charge is 0.311 e. The number of aliphatic carboxylic acids is 1. The molecule has 1 aromatic carbocycles. The maximum absolute atomic E-state index is 13.3. The van der Waals surface area contributed by atoms with Gasteiger partial charge >= 0.3 is 11.9 Å². The van der Waals surface area contributed by atoms with Gasteiger partial charge in [0.2, 0.25) is 5.91 Å². The Bertz CT molecular complexity index is 2440. The van der Waals surface area contributed by atoms with E-state index in [0.717, 1.165) is 6.42 Å². The summed E-state index contributed by atoms with van der Waals surface area (Å²) in [4.78, 5) is 55.1. The van der Waals surface area contributed by atoms with Crippen molar-refractivity contribution in [2.45, 2.75) is 215 Å². The van der Waals surface area contributed by atoms with E-state index in [4.69, 9.17) is 23.9 Å². The number of rotatable bonds is 11. The van der Waals surface area contributed by atoms with E-state index in [1.807, 2.05) is 43.4 Å². The van der Waals surface area contributed by atoms with E-state index in [1.165, 1.54) is 24.1 Å². The summed E-state index contributed by atoms with van der Waals surface area (Å²) in [6.07, 6.45) is 1.65. The van der Waals surface area contributed by atoms with Crippen LogP contribution in [-0.2, 0) is 38.3 Å². The van der Waals surface area contributed by atoms with Gasteiger partial charge in [-0.3, -0.25) is 24.5 Å². The number of benzene rings is 1. The zero-order chi connectivity index (χ0) is 61.7. The number of nitrogens with one attached hydrogen (secondary N) is 2. The van der Waals surface area contributed by atoms with Crippen molar-refractivity contribution in [1.29, 1.82) is 0 Å². The van der Waals surface area contributed by atoms with Crippen LogP contribution >= 0.6 is 0 Å². The van der Waals surface area contributed by atoms with Crippen LogP contribution in [0.2, 0.25) is 0 Å². The molecule has 4 heterocycles. The van der Waals surface area contributed by atoms with Crippen molar-refractivity contribution < 1.29 is 99.4 Å². The largest absolute Gasteiger partial charge is 0.481 e. The number of carboxylic acids is 1. The average molecular weight is 1190 g/mol. The summed E-state index contributed by atoms with van der Waals surface area (Å²) >= 11 is 0. The number of nitro groups is 1. The quantitative estimate of drug-likeness (QED) is 0.0654. The molecule has 25 nitrogen and oxygen atoms in total. The zero-order valence-corrected chi connectivity index (χ0v) is 48.1. The summed E-state index contributed by atoms with van der Waals surface area (Å²) in [6, 6.07) is 3.26. The molecule has 4 aliphatic heterocycles. The molecule has 0 spiro atoms. The van der Waals surface area contributed by atoms with Gasteiger partial charge in [-0.25, -0.2) is 10.5 Å². The van der Waals surface area contributed by atoms with E-state index >= 15 is 0 Å². The molecule has 1 aromatic rings. The van der Waals surface area contributed by atoms with E-state index in [0.29, 0.717) is 37.9 Å². The first-order valence-electron chi connectivity index (χ1n) is 28.9. The molecule has 14 unspecified atom stereocenters. The molecule has 4 aliphatic rings. The number of unbranched alkanes of at least 4 members (excludes halogenated alkanes) is 2. The summed E-state index contributed by atoms with van der Waals surface area (Å²) < 4.78 is 23.7. The molecule has 84 heavy (non-hydrogen) atoms. The summed E-state index contributed by atoms with van der Waals surface area (Å²) in [5.41, 5.74) is 3.15. The second-order valence-corrected chi connectivity index (χ2v) is 22.4. The number of esters is 1. The van der Waals surface area contributed by atoms with E-state index in [1.54, 1.807) is 56.4 Å². The molecule has 2 fully saturated rings. The minimum Gasteiger partial charge on any atom is -0.481 e. The lowest BCUT2D eigenvalue weighted by Gasteiger charge is -2.45. The van der Waals surface area contributed by atoms with Gasteiger partial charge in [0.1, 0.15) is 24.2 Å². The average Bonchev–Trinajstić information content (AvgIpc) is 3.82. The van der Waals surface area contributed by atoms with Gasteiger partial charge in [-0.1, -0.05) is 99.2 Å². The molecule has 0 aliphatic carbocycles. The monoisotopic (exact) mass is 1190 g/mol. The van der Waals surface area contributed by atoms with Crippen molar-refractivity contribution in [3.63, 3.8) is 0 Å². The predicted octanol–water partition coefficient (Wildman–Crippen LogP) is 3.34. The van der Waals surface area contributed by atoms with Crippen molar-refractivity contribution >= 4 is 34.9 Å². The number of aliphatic hydroxyl groups is 10. The van der Waals surface area contributed by atoms with Gasteiger partial charge in [0, 0.05) is 50.1 Å². The Morgan fingerprint density at radius 3 is 2.13 bits per heavy atom. The number of aliphatic hydroxyl groups excluding tert-OH is 9. The number of fused-ring (bicyclic) bond motifs is 3. The lowest BCUT2D eigenvalue weighted by Crippen LogP contribution is -2.64. The summed E-state index contributed by atoms with van der Waals surface area (Å²) in [7, 11) is 0. The maximum Gasteiger partial charge on any atom is 0.311 e. The Kier molecular flexibility index (Phi) is 28.0. The lowest BCUT2D eigenvalue weighted by molar-refractivity contribution is -0.384. The molecule has 470 valence electrons. The Balaban J connectivity index is 1.29. The molecule has 25 heteroatoms. The van der Waals surface area contributed by atoms with Gasteiger partial charge < -0.3 is 80.4 Å². The van der Waals surface area contributed by atoms with Gasteiger partial charge in [-0.2, -0.15) is 4.94 Å². The number of para-hydroxylation sites is 1. The molecular formula is C59H88N4O21. The number of allylic oxidation sites excluding steroid dienone is 10. The standard InChI is InChI=1S/C59H88N4O21/c1-35-21-16-13-11-9-7-5-6-8-10-12-14-17-22-42(82-58-56(74)53(55(73)38(4)81-58)60-49(70)25-18-15-19-28-62-43-23-20-24-44(63(78)79)52(43)61-84-62)32-48-51(57(75)76)47(69)34-59(77,83-48)33-46(68)45(67)27-26-39(64)29-40(65)30-41(66)31-50(71)80-37(3)36(2)54(35)72/h5-6,8,10-14,16-17,20-24,35-42,45-48,51,53-56,58,61,64-69,72-74,77H,7,9,15,18-19,25-34H2,1-4H3,(H,60,70)(H,75,76)/t35?,36?,37?,38-,39?,40?,41?,42?,45?,46?,47?,48?,51?,53+,54?,55-,56+,58+,59?/m1/s1. The van der Waals surface area contributed by atoms with E-state index in [-0.39, 0.29) is 49.4 Å². The fourth-order valence-corrected chi connectivity index (χ4v) is 10.5. The van der Waals surface area contributed by atoms with Gasteiger partial charge in [0.05, 0.1) is 84.1 Å². The van der Waals surface area contributed by atoms with Crippen molar-refractivity contribution in [1.82, 2.24) is 5.32 Å². The molecule has 19 atom stereocenters. The number of nitro benzene ring substituents is 1. The number of cyclic esters (lactones) is 1. The van der Waals surface area contributed by atoms with Crippen LogP contribution in [-0.4, -0.2) is 183 Å². The van der Waals surface area contributed by atoms with Gasteiger partial charge in [0.15, 0.2) is 17.8 Å². The number of carboxylic acid groups (broad SMARTS) is 1. The highest BCUT2D eigenvalue weighted by atomic mass is 16.8. The summed E-state index contributed by atoms with van der Waals surface area (Å²) in [6.45, 7) is 7.06. The number of hydroxylamine groups is 1. The number of anilines is 2. The third-order valence-electron chi connectivity index (χ3n) is 15.5. The highest BCUT2D eigenvalue weighted by Gasteiger charge is 2.51. The topological polar surface area (TPSA) is 390 Å². The van der Waals surface area contributed by atoms with E-state index in [9.17, 15) is 80.7 Å². The maximum atomic E-state index is 13.3. The molecule has 1 amide bonds. The van der Waals surface area contributed by atoms with Crippen molar-refractivity contribution in [3.8, 4) is 0 Å². The van der Waals surface area contributed by atoms with E-state index < -0.39 is 158 Å². The number of hydrogen-bond donors (Lipinski definition) is 13. The summed E-state index contributed by atoms with van der Waals surface area (Å²) in [5.74, 6) is -7.62. The van der Waals surface area contributed by atoms with Gasteiger partial charge in [0.25, 0.3) is 5.69 Å². The molecule has 0 radical (unpaired) electrons. The van der Waals surface area contributed by atoms with Crippen LogP contribution in [0, 0.1) is 27.9 Å². The number of carbonyl (C=O) groups is 3. The van der Waals surface area contributed by atoms with E-state index in [2.05, 4.69) is 10.8 Å². The molecule has 13 N–H and O–H groups in total. The molecule has 2 bridgehead atoms. The number of ether oxygens (including phenoxy) is 4. The van der Waals surface area contributed by atoms with Crippen LogP contribution in [0.4, 0.5) is 17.1 Å². The zero-order valence-electron chi connectivity index (χ0n) is 48.1. The molecule has 0 saturated carbocycles. The highest BCUT2D eigenvalue weighted by Crippen LogP contribution is 2.40. The molecular weight excluding hydrogens is 1100 g/mol. The van der Waals surface area contributed by atoms with Crippen LogP contribution in [0.5, 0.6) is 0 Å². The Morgan fingerprint density at radius 2 is 1.43 bits per heavy atom. The number of amides is 1. The van der Waals surface area contributed by atoms with Crippen molar-refractivity contribution in [2.75, 3.05) is 17.1 Å². The molecule has 5 rings (SSSR count). The van der Waals surface area contributed by atoms with Crippen molar-refractivity contribution in [2.24, 2.45) is 17.8 Å². The molecule has 0 aromatic heterocycles. The van der Waals surface area contributed by atoms with Crippen LogP contribution in [0.1, 0.15) is 118 Å². The number of hydrogen-bond acceptors (Lipinski definition) is 22. The SMILES string of the molecule is CC1C=CC=CCCC=CC=CC=CC=CC(O[C@@H]2O[C@H](C)[C@@H](O)[C@H](NC(=O)CCCCCN3ONc4c3cccc4[N+](=O)[O-])[C@@H]2O)CC2OC(O)(CC(O)C(O)CCC(O)CC(O)CC(O)CC(=O)OC(C)C(C)C1O)CC(O)C2C(=O)O. The number of nitrogens with zero attached hydrogens (tertiary/aromatic N) is 2. The van der Waals surface area contributed by atoms with Crippen molar-refractivity contribution in [3.05, 3.63) is 101 Å². The Morgan fingerprint density at radius 1 is 0.774 bits per heavy atom. The highest BCUT2D eigenvalue weighted by molar-refractivity contribution is 5.80. The second-order valence-electron chi connectivity index (χ2n) is 22.4. The minimum absolute atomic E-state index is 0.00739. The molecule has 2 saturated heterocycles. The fraction of sp³-hybridized carbons (Fsp3) is 0.644. The van der Waals surface area contributed by atoms with Gasteiger partial charge in [-0.15, -0.1) is 0 Å². The number of carbonyl (C=O) groups excluding carboxylic acids is 2. The predicted molar refractivity (Wildman–Crippen MR) is 305 cm³/mol. The Hall–Kier alpha value is -5.49. The van der Waals surface area contributed by atoms with Crippen LogP contribution in [0.15, 0.2) is 91.1 Å². The minimum atomic E-state index is -2.44. The third-order valence-corrected chi connectivity index (χ3v) is 15.5. The Labute approximate surface area is 489 Å². The van der Waals surface area contributed by atoms with Crippen LogP contribution in [0.3, 0.4) is 0 Å². The normalized spacial score (nSPS) is 35.8. The fourth-order valence-electron chi connectivity index (χ4n) is 10.5. The lowest BCUT2D eigenvalue weighted by atomic mass is 9.82. The first-order valence-corrected chi connectivity index (χ1v) is 28.9. The first kappa shape index (κ1) is 69.3. The van der Waals surface area contributed by atoms with Crippen LogP contribution in [0.25, 0.3) is 0 Å². The van der Waals surface area contributed by atoms with Crippen LogP contribution < -0.4 is 15.9 Å².